The quantitative estimate of drug-likeness (QED) is 0.222. The molecular formula is C26H43O3PS. The summed E-state index contributed by atoms with van der Waals surface area (Å²) in [6, 6.07) is 11.5. The van der Waals surface area contributed by atoms with E-state index < -0.39 is 17.4 Å². The largest absolute Gasteiger partial charge is 0.744 e. The van der Waals surface area contributed by atoms with Crippen molar-refractivity contribution in [3.05, 3.63) is 42.5 Å². The Morgan fingerprint density at radius 1 is 0.677 bits per heavy atom. The Morgan fingerprint density at radius 2 is 1.10 bits per heavy atom. The van der Waals surface area contributed by atoms with Crippen LogP contribution in [0.4, 0.5) is 0 Å². The molecule has 0 atom stereocenters. The van der Waals surface area contributed by atoms with Gasteiger partial charge in [-0.15, -0.1) is 0 Å². The maximum Gasteiger partial charge on any atom is 0.125 e. The van der Waals surface area contributed by atoms with Crippen molar-refractivity contribution in [1.29, 1.82) is 0 Å². The normalized spacial score (nSPS) is 11.9. The average Bonchev–Trinajstić information content (AvgIpc) is 2.77. The Kier molecular flexibility index (Phi) is 13.6. The van der Waals surface area contributed by atoms with E-state index in [9.17, 15) is 13.0 Å². The highest BCUT2D eigenvalue weighted by molar-refractivity contribution is 7.86. The fourth-order valence-corrected chi connectivity index (χ4v) is 10.0. The van der Waals surface area contributed by atoms with Crippen molar-refractivity contribution < 1.29 is 13.0 Å². The van der Waals surface area contributed by atoms with Gasteiger partial charge in [0.2, 0.25) is 0 Å². The standard InChI is InChI=1S/C16H36P.C10H8O3S/c1-5-9-13-17(14-10-6-2,15-11-7-3)16-12-8-4;11-14(12,13)10-7-3-5-8-4-1-2-6-9(8)10/h5-16H2,1-4H3;1-7H,(H,11,12,13)/q+1;/p-1. The molecule has 0 N–H and O–H groups in total. The average molecular weight is 467 g/mol. The predicted molar refractivity (Wildman–Crippen MR) is 138 cm³/mol. The van der Waals surface area contributed by atoms with Crippen LogP contribution < -0.4 is 0 Å². The lowest BCUT2D eigenvalue weighted by atomic mass is 10.1. The van der Waals surface area contributed by atoms with Gasteiger partial charge in [-0.1, -0.05) is 89.8 Å². The molecule has 0 aliphatic heterocycles. The highest BCUT2D eigenvalue weighted by atomic mass is 32.2. The molecule has 2 aromatic carbocycles. The smallest absolute Gasteiger partial charge is 0.125 e. The highest BCUT2D eigenvalue weighted by Gasteiger charge is 2.34. The monoisotopic (exact) mass is 466 g/mol. The summed E-state index contributed by atoms with van der Waals surface area (Å²) in [6.45, 7) is 9.42. The first kappa shape index (κ1) is 28.1. The fraction of sp³-hybridized carbons (Fsp3) is 0.615. The summed E-state index contributed by atoms with van der Waals surface area (Å²) >= 11 is 0. The first-order chi connectivity index (χ1) is 14.8. The molecule has 0 aliphatic carbocycles. The van der Waals surface area contributed by atoms with E-state index in [0.717, 1.165) is 5.39 Å². The van der Waals surface area contributed by atoms with E-state index >= 15 is 0 Å². The summed E-state index contributed by atoms with van der Waals surface area (Å²) in [4.78, 5) is -0.157. The van der Waals surface area contributed by atoms with Gasteiger partial charge in [0.05, 0.1) is 29.5 Å². The number of benzene rings is 2. The molecule has 0 bridgehead atoms. The zero-order chi connectivity index (χ0) is 23.2. The first-order valence-corrected chi connectivity index (χ1v) is 16.1. The van der Waals surface area contributed by atoms with Crippen LogP contribution in [-0.2, 0) is 10.1 Å². The van der Waals surface area contributed by atoms with Crippen molar-refractivity contribution >= 4 is 28.2 Å². The van der Waals surface area contributed by atoms with Crippen LogP contribution in [0.5, 0.6) is 0 Å². The lowest BCUT2D eigenvalue weighted by Gasteiger charge is -2.28. The number of hydrogen-bond acceptors (Lipinski definition) is 3. The summed E-state index contributed by atoms with van der Waals surface area (Å²) in [5, 5.41) is 1.23. The number of unbranched alkanes of at least 4 members (excludes halogenated alkanes) is 4. The lowest BCUT2D eigenvalue weighted by Crippen LogP contribution is -2.12. The van der Waals surface area contributed by atoms with E-state index in [2.05, 4.69) is 27.7 Å². The fourth-order valence-electron chi connectivity index (χ4n) is 4.06. The van der Waals surface area contributed by atoms with Crippen LogP contribution in [0, 0.1) is 0 Å². The molecule has 176 valence electrons. The van der Waals surface area contributed by atoms with Crippen molar-refractivity contribution in [3.63, 3.8) is 0 Å². The minimum atomic E-state index is -4.38. The number of fused-ring (bicyclic) bond motifs is 1. The third-order valence-electron chi connectivity index (χ3n) is 5.96. The molecule has 3 nitrogen and oxygen atoms in total. The van der Waals surface area contributed by atoms with Gasteiger partial charge in [0.15, 0.2) is 0 Å². The van der Waals surface area contributed by atoms with Gasteiger partial charge in [-0.2, -0.15) is 0 Å². The third-order valence-corrected chi connectivity index (χ3v) is 11.9. The summed E-state index contributed by atoms with van der Waals surface area (Å²) in [5.41, 5.74) is 0. The Morgan fingerprint density at radius 3 is 1.52 bits per heavy atom. The van der Waals surface area contributed by atoms with Crippen LogP contribution in [0.1, 0.15) is 79.1 Å². The molecule has 0 aromatic heterocycles. The maximum absolute atomic E-state index is 10.9. The van der Waals surface area contributed by atoms with Gasteiger partial charge in [-0.3, -0.25) is 0 Å². The number of rotatable bonds is 13. The third kappa shape index (κ3) is 10.0. The van der Waals surface area contributed by atoms with E-state index in [-0.39, 0.29) is 4.90 Å². The van der Waals surface area contributed by atoms with Crippen LogP contribution in [-0.4, -0.2) is 37.6 Å². The second kappa shape index (κ2) is 15.0. The zero-order valence-electron chi connectivity index (χ0n) is 20.1. The van der Waals surface area contributed by atoms with Crippen LogP contribution in [0.2, 0.25) is 0 Å². The van der Waals surface area contributed by atoms with Gasteiger partial charge in [0.25, 0.3) is 0 Å². The van der Waals surface area contributed by atoms with Gasteiger partial charge in [-0.05, 0) is 42.5 Å². The molecule has 0 amide bonds. The van der Waals surface area contributed by atoms with Crippen LogP contribution in [0.25, 0.3) is 10.8 Å². The molecule has 0 saturated carbocycles. The Labute approximate surface area is 192 Å². The van der Waals surface area contributed by atoms with E-state index in [4.69, 9.17) is 0 Å². The SMILES string of the molecule is CCCC[P+](CCCC)(CCCC)CCCC.O=S(=O)([O-])c1cccc2ccccc12. The first-order valence-electron chi connectivity index (χ1n) is 12.1. The zero-order valence-corrected chi connectivity index (χ0v) is 21.8. The van der Waals surface area contributed by atoms with Crippen LogP contribution >= 0.6 is 7.26 Å². The molecule has 0 radical (unpaired) electrons. The topological polar surface area (TPSA) is 57.2 Å². The molecule has 0 fully saturated rings. The van der Waals surface area contributed by atoms with Gasteiger partial charge >= 0.3 is 0 Å². The molecule has 31 heavy (non-hydrogen) atoms. The van der Waals surface area contributed by atoms with Gasteiger partial charge in [0, 0.05) is 7.26 Å². The minimum Gasteiger partial charge on any atom is -0.744 e. The Balaban J connectivity index is 0.000000314. The predicted octanol–water partition coefficient (Wildman–Crippen LogP) is 7.95. The van der Waals surface area contributed by atoms with E-state index in [1.807, 2.05) is 0 Å². The molecule has 0 saturated heterocycles. The minimum absolute atomic E-state index is 0.157. The van der Waals surface area contributed by atoms with Crippen LogP contribution in [0.15, 0.2) is 47.4 Å². The van der Waals surface area contributed by atoms with Crippen molar-refractivity contribution in [3.8, 4) is 0 Å². The molecule has 2 rings (SSSR count). The summed E-state index contributed by atoms with van der Waals surface area (Å²) in [6.07, 6.45) is 17.9. The molecule has 0 heterocycles. The Bertz CT molecular complexity index is 806. The van der Waals surface area contributed by atoms with Crippen LogP contribution in [0.3, 0.4) is 0 Å². The van der Waals surface area contributed by atoms with E-state index in [1.54, 1.807) is 61.0 Å². The molecule has 5 heteroatoms. The van der Waals surface area contributed by atoms with Gasteiger partial charge in [-0.25, -0.2) is 8.42 Å². The van der Waals surface area contributed by atoms with E-state index in [0.29, 0.717) is 5.39 Å². The summed E-state index contributed by atoms with van der Waals surface area (Å²) < 4.78 is 32.7. The molecule has 0 aliphatic rings. The van der Waals surface area contributed by atoms with Gasteiger partial charge < -0.3 is 4.55 Å². The number of hydrogen-bond donors (Lipinski definition) is 0. The van der Waals surface area contributed by atoms with E-state index in [1.165, 1.54) is 57.4 Å². The molecular weight excluding hydrogens is 423 g/mol. The Hall–Kier alpha value is -0.960. The second-order valence-corrected chi connectivity index (χ2v) is 14.4. The molecule has 0 unspecified atom stereocenters. The van der Waals surface area contributed by atoms with Crippen molar-refractivity contribution in [2.45, 2.75) is 84.0 Å². The molecule has 2 aromatic rings. The van der Waals surface area contributed by atoms with Crippen molar-refractivity contribution in [2.24, 2.45) is 0 Å². The summed E-state index contributed by atoms with van der Waals surface area (Å²) in [5.74, 6) is 0. The second-order valence-electron chi connectivity index (χ2n) is 8.58. The maximum atomic E-state index is 10.9. The van der Waals surface area contributed by atoms with Crippen molar-refractivity contribution in [2.75, 3.05) is 24.6 Å². The molecule has 0 spiro atoms. The van der Waals surface area contributed by atoms with Crippen molar-refractivity contribution in [1.82, 2.24) is 0 Å². The lowest BCUT2D eigenvalue weighted by molar-refractivity contribution is 0.464. The van der Waals surface area contributed by atoms with Gasteiger partial charge in [0.1, 0.15) is 10.1 Å². The summed E-state index contributed by atoms with van der Waals surface area (Å²) in [7, 11) is -4.94. The highest BCUT2D eigenvalue weighted by Crippen LogP contribution is 2.61.